The second-order valence-electron chi connectivity index (χ2n) is 33.2. The molecule has 618 valence electrons. The van der Waals surface area contributed by atoms with Crippen LogP contribution in [0.3, 0.4) is 0 Å². The molecule has 0 spiro atoms. The second-order valence-corrected chi connectivity index (χ2v) is 33.2. The number of fused-ring (bicyclic) bond motifs is 9. The third-order valence-corrected chi connectivity index (χ3v) is 25.5. The zero-order valence-electron chi connectivity index (χ0n) is 71.7. The van der Waals surface area contributed by atoms with Crippen molar-refractivity contribution in [2.24, 2.45) is 0 Å². The molecule has 0 bridgehead atoms. The van der Waals surface area contributed by atoms with Gasteiger partial charge in [0.2, 0.25) is 0 Å². The van der Waals surface area contributed by atoms with Crippen LogP contribution in [-0.2, 0) is 0 Å². The number of carbonyl (C=O) groups excluding carboxylic acids is 3. The third kappa shape index (κ3) is 14.2. The lowest BCUT2D eigenvalue weighted by Crippen LogP contribution is -2.31. The first-order chi connectivity index (χ1) is 63.9. The first-order valence-corrected chi connectivity index (χ1v) is 43.6. The zero-order valence-corrected chi connectivity index (χ0v) is 71.7. The Hall–Kier alpha value is -17.2. The maximum Gasteiger partial charge on any atom is 0.258 e. The van der Waals surface area contributed by atoms with Gasteiger partial charge in [-0.3, -0.25) is 29.3 Å². The smallest absolute Gasteiger partial charge is 0.258 e. The Balaban J connectivity index is 0.664. The van der Waals surface area contributed by atoms with Gasteiger partial charge in [0.1, 0.15) is 0 Å². The summed E-state index contributed by atoms with van der Waals surface area (Å²) in [6.07, 6.45) is 5.34. The number of benzene rings is 16. The number of hydrogen-bond acceptors (Lipinski definition) is 6. The fraction of sp³-hybridized carbons (Fsp3) is 0.0339. The Labute approximate surface area is 752 Å². The fourth-order valence-electron chi connectivity index (χ4n) is 19.0. The van der Waals surface area contributed by atoms with Gasteiger partial charge in [-0.25, -0.2) is 0 Å². The minimum Gasteiger partial charge on any atom is -0.311 e. The van der Waals surface area contributed by atoms with E-state index in [9.17, 15) is 0 Å². The quantitative estimate of drug-likeness (QED) is 0.0845. The predicted molar refractivity (Wildman–Crippen MR) is 534 cm³/mol. The van der Waals surface area contributed by atoms with E-state index >= 15 is 14.4 Å². The van der Waals surface area contributed by atoms with Crippen molar-refractivity contribution in [3.8, 4) is 118 Å². The van der Waals surface area contributed by atoms with Gasteiger partial charge in [-0.2, -0.15) is 0 Å². The van der Waals surface area contributed by atoms with Crippen LogP contribution in [0.5, 0.6) is 0 Å². The molecule has 0 aliphatic heterocycles. The lowest BCUT2D eigenvalue weighted by molar-refractivity contribution is 0.0992. The Morgan fingerprint density at radius 2 is 0.500 bits per heavy atom. The molecule has 0 saturated heterocycles. The summed E-state index contributed by atoms with van der Waals surface area (Å²) in [5.74, 6) is -1.39. The van der Waals surface area contributed by atoms with Crippen molar-refractivity contribution in [2.45, 2.75) is 6.92 Å². The fourth-order valence-corrected chi connectivity index (χ4v) is 19.0. The van der Waals surface area contributed by atoms with Crippen molar-refractivity contribution >= 4 is 100 Å². The molecule has 12 nitrogen and oxygen atoms in total. The highest BCUT2D eigenvalue weighted by Crippen LogP contribution is 2.45. The molecule has 0 aliphatic rings. The molecular formula is C118H83N9O3. The molecule has 0 saturated carbocycles. The van der Waals surface area contributed by atoms with Crippen molar-refractivity contribution < 1.29 is 14.4 Å². The van der Waals surface area contributed by atoms with Crippen LogP contribution in [0.25, 0.3) is 183 Å². The molecule has 6 aromatic heterocycles. The summed E-state index contributed by atoms with van der Waals surface area (Å²) < 4.78 is 6.92. The van der Waals surface area contributed by atoms with Crippen LogP contribution in [0.1, 0.15) is 36.6 Å². The van der Waals surface area contributed by atoms with E-state index in [-0.39, 0.29) is 16.7 Å². The Morgan fingerprint density at radius 1 is 0.215 bits per heavy atom. The van der Waals surface area contributed by atoms with Crippen molar-refractivity contribution in [1.29, 1.82) is 0 Å². The summed E-state index contributed by atoms with van der Waals surface area (Å²) in [7, 11) is 5.27. The van der Waals surface area contributed by atoms with Crippen LogP contribution in [0, 0.1) is 6.92 Å². The lowest BCUT2D eigenvalue weighted by atomic mass is 9.94. The van der Waals surface area contributed by atoms with Gasteiger partial charge in [0.25, 0.3) is 17.7 Å². The van der Waals surface area contributed by atoms with Gasteiger partial charge in [-0.05, 0) is 245 Å². The maximum absolute atomic E-state index is 16.5. The topological polar surface area (TPSA) is 114 Å². The zero-order chi connectivity index (χ0) is 87.6. The average molecular weight is 1680 g/mol. The third-order valence-electron chi connectivity index (χ3n) is 25.5. The molecule has 0 atom stereocenters. The molecule has 12 heteroatoms. The number of para-hydroxylation sites is 3. The highest BCUT2D eigenvalue weighted by molar-refractivity contribution is 6.18. The lowest BCUT2D eigenvalue weighted by Gasteiger charge is -2.26. The van der Waals surface area contributed by atoms with Gasteiger partial charge in [-0.15, -0.1) is 0 Å². The summed E-state index contributed by atoms with van der Waals surface area (Å²) >= 11 is 0. The average Bonchev–Trinajstić information content (AvgIpc) is 1.58. The van der Waals surface area contributed by atoms with Crippen LogP contribution in [0.2, 0.25) is 0 Å². The van der Waals surface area contributed by atoms with Crippen molar-refractivity contribution in [3.63, 3.8) is 0 Å². The molecule has 16 aromatic carbocycles. The Kier molecular flexibility index (Phi) is 20.0. The number of hydrogen-bond donors (Lipinski definition) is 0. The number of aromatic nitrogens is 6. The molecule has 130 heavy (non-hydrogen) atoms. The van der Waals surface area contributed by atoms with Gasteiger partial charge >= 0.3 is 0 Å². The van der Waals surface area contributed by atoms with E-state index in [2.05, 4.69) is 305 Å². The van der Waals surface area contributed by atoms with Crippen LogP contribution >= 0.6 is 0 Å². The standard InChI is InChI=1S/C118H83N9O3/c1-76-66-115(100(75-97(76)106-37-22-25-65-121-106)82-45-56-93(57-46-82)127-111-40-19-16-34-96(111)103-72-85(49-62-114(103)127)79-30-12-7-13-31-79)124(4)118(130)90-68-88(116(128)122(2)107-58-50-86(104-35-20-23-63-119-104)73-98(107)80-41-52-91(53-42-80)125-109-38-17-14-32-94(109)101-70-83(47-60-112(101)125)77-26-8-5-9-27-77)67-89(69-90)117(129)123(3)108-59-51-87(105-36-21-24-64-120-105)74-99(108)81-43-54-92(55-44-81)126-110-39-18-15-33-95(110)102-71-84(48-61-113(102)126)78-28-10-6-11-29-78/h5-75H,1-4H3. The molecule has 6 heterocycles. The normalized spacial score (nSPS) is 11.5. The predicted octanol–water partition coefficient (Wildman–Crippen LogP) is 28.3. The van der Waals surface area contributed by atoms with Crippen molar-refractivity contribution in [3.05, 3.63) is 453 Å². The van der Waals surface area contributed by atoms with E-state index in [1.54, 1.807) is 72.6 Å². The number of aryl methyl sites for hydroxylation is 1. The molecule has 0 aliphatic carbocycles. The van der Waals surface area contributed by atoms with Gasteiger partial charge in [-0.1, -0.05) is 231 Å². The highest BCUT2D eigenvalue weighted by atomic mass is 16.2. The Morgan fingerprint density at radius 3 is 0.838 bits per heavy atom. The Bertz CT molecular complexity index is 7850. The van der Waals surface area contributed by atoms with E-state index in [1.165, 1.54) is 0 Å². The van der Waals surface area contributed by atoms with Gasteiger partial charge in [0, 0.05) is 139 Å². The molecule has 0 fully saturated rings. The molecule has 22 rings (SSSR count). The van der Waals surface area contributed by atoms with Crippen molar-refractivity contribution in [1.82, 2.24) is 28.7 Å². The second kappa shape index (κ2) is 33.0. The monoisotopic (exact) mass is 1670 g/mol. The van der Waals surface area contributed by atoms with E-state index in [0.717, 1.165) is 189 Å². The number of amides is 3. The van der Waals surface area contributed by atoms with Crippen LogP contribution in [0.15, 0.2) is 431 Å². The number of carbonyl (C=O) groups is 3. The van der Waals surface area contributed by atoms with Gasteiger partial charge in [0.15, 0.2) is 0 Å². The summed E-state index contributed by atoms with van der Waals surface area (Å²) in [5.41, 5.74) is 28.8. The molecule has 0 N–H and O–H groups in total. The molecule has 0 unspecified atom stereocenters. The van der Waals surface area contributed by atoms with E-state index in [4.69, 9.17) is 15.0 Å². The first kappa shape index (κ1) is 78.7. The summed E-state index contributed by atoms with van der Waals surface area (Å²) in [6, 6.07) is 141. The summed E-state index contributed by atoms with van der Waals surface area (Å²) in [4.78, 5) is 68.8. The largest absolute Gasteiger partial charge is 0.311 e. The number of rotatable bonds is 18. The van der Waals surface area contributed by atoms with Crippen molar-refractivity contribution in [2.75, 3.05) is 35.8 Å². The van der Waals surface area contributed by atoms with Crippen LogP contribution in [0.4, 0.5) is 17.1 Å². The molecule has 0 radical (unpaired) electrons. The summed E-state index contributed by atoms with van der Waals surface area (Å²) in [5, 5.41) is 6.85. The number of pyridine rings is 3. The molecule has 22 aromatic rings. The van der Waals surface area contributed by atoms with E-state index in [1.807, 2.05) is 110 Å². The minimum atomic E-state index is -0.464. The highest BCUT2D eigenvalue weighted by Gasteiger charge is 2.30. The minimum absolute atomic E-state index is 0.108. The van der Waals surface area contributed by atoms with E-state index in [0.29, 0.717) is 17.1 Å². The summed E-state index contributed by atoms with van der Waals surface area (Å²) in [6.45, 7) is 2.03. The van der Waals surface area contributed by atoms with E-state index < -0.39 is 17.7 Å². The van der Waals surface area contributed by atoms with Gasteiger partial charge in [0.05, 0.1) is 67.2 Å². The first-order valence-electron chi connectivity index (χ1n) is 43.6. The van der Waals surface area contributed by atoms with Crippen LogP contribution < -0.4 is 14.7 Å². The molecular weight excluding hydrogens is 1590 g/mol. The maximum atomic E-state index is 16.5. The van der Waals surface area contributed by atoms with Gasteiger partial charge < -0.3 is 28.4 Å². The number of anilines is 3. The number of nitrogens with zero attached hydrogens (tertiary/aromatic N) is 9. The molecule has 3 amide bonds. The van der Waals surface area contributed by atoms with Crippen LogP contribution in [-0.4, -0.2) is 67.5 Å². The SMILES string of the molecule is Cc1cc(N(C)C(=O)c2cc(C(=O)N(C)c3ccc(-c4ccccn4)cc3-c3ccc(-n4c5ccccc5c5cc(-c6ccccc6)ccc54)cc3)cc(C(=O)N(C)c3ccc(-c4ccccn4)cc3-c3ccc(-n4c5ccccc5c5cc(-c6ccccc6)ccc54)cc3)c2)c(-c2ccc(-n3c4ccccc4c4cc(-c5ccccc5)ccc43)cc2)cc1-c1ccccn1.